The predicted molar refractivity (Wildman–Crippen MR) is 82.1 cm³/mol. The number of hydrogen-bond donors (Lipinski definition) is 2. The van der Waals surface area contributed by atoms with Crippen LogP contribution in [0.2, 0.25) is 0 Å². The Labute approximate surface area is 125 Å². The monoisotopic (exact) mass is 320 g/mol. The first-order chi connectivity index (χ1) is 9.33. The summed E-state index contributed by atoms with van der Waals surface area (Å²) in [7, 11) is -3.73. The van der Waals surface area contributed by atoms with Gasteiger partial charge in [0.2, 0.25) is 5.91 Å². The van der Waals surface area contributed by atoms with Gasteiger partial charge < -0.3 is 5.73 Å². The first-order valence-electron chi connectivity index (χ1n) is 6.28. The van der Waals surface area contributed by atoms with Crippen molar-refractivity contribution in [2.24, 2.45) is 0 Å². The van der Waals surface area contributed by atoms with Crippen molar-refractivity contribution in [2.45, 2.75) is 38.0 Å². The lowest BCUT2D eigenvalue weighted by Gasteiger charge is -2.04. The van der Waals surface area contributed by atoms with Crippen molar-refractivity contribution in [3.63, 3.8) is 0 Å². The van der Waals surface area contributed by atoms with Gasteiger partial charge in [-0.3, -0.25) is 4.79 Å². The molecule has 0 atom stereocenters. The molecule has 0 aromatic heterocycles. The number of halogens is 1. The summed E-state index contributed by atoms with van der Waals surface area (Å²) < 4.78 is 24.6. The molecule has 0 saturated carbocycles. The summed E-state index contributed by atoms with van der Waals surface area (Å²) in [6, 6.07) is 5.57. The van der Waals surface area contributed by atoms with Gasteiger partial charge in [-0.1, -0.05) is 19.8 Å². The highest BCUT2D eigenvalue weighted by Crippen LogP contribution is 2.10. The number of hydrogen-bond acceptors (Lipinski definition) is 4. The molecule has 3 N–H and O–H groups in total. The van der Waals surface area contributed by atoms with Crippen LogP contribution in [0.15, 0.2) is 29.2 Å². The molecule has 0 bridgehead atoms. The van der Waals surface area contributed by atoms with Crippen molar-refractivity contribution in [3.8, 4) is 0 Å². The van der Waals surface area contributed by atoms with Gasteiger partial charge in [-0.2, -0.15) is 0 Å². The second-order valence-electron chi connectivity index (χ2n) is 4.13. The zero-order chi connectivity index (χ0) is 15.6. The number of unbranched alkanes of at least 4 members (excludes halogenated alkanes) is 2. The molecule has 5 nitrogen and oxygen atoms in total. The van der Waals surface area contributed by atoms with E-state index in [4.69, 9.17) is 17.3 Å². The van der Waals surface area contributed by atoms with Gasteiger partial charge in [0.1, 0.15) is 0 Å². The fourth-order valence-electron chi connectivity index (χ4n) is 1.24. The molecule has 7 heteroatoms. The van der Waals surface area contributed by atoms with E-state index in [2.05, 4.69) is 6.92 Å². The number of amides is 1. The van der Waals surface area contributed by atoms with E-state index in [1.165, 1.54) is 43.5 Å². The quantitative estimate of drug-likeness (QED) is 0.495. The minimum Gasteiger partial charge on any atom is -0.399 e. The van der Waals surface area contributed by atoms with Crippen LogP contribution in [0, 0.1) is 0 Å². The van der Waals surface area contributed by atoms with Crippen molar-refractivity contribution in [3.05, 3.63) is 24.3 Å². The maximum Gasteiger partial charge on any atom is 0.264 e. The van der Waals surface area contributed by atoms with E-state index in [1.54, 1.807) is 0 Å². The average molecular weight is 321 g/mol. The van der Waals surface area contributed by atoms with E-state index in [1.807, 2.05) is 4.72 Å². The highest BCUT2D eigenvalue weighted by Gasteiger charge is 2.14. The number of alkyl halides is 1. The van der Waals surface area contributed by atoms with Crippen LogP contribution in [0.1, 0.15) is 33.1 Å². The van der Waals surface area contributed by atoms with Crippen LogP contribution in [-0.2, 0) is 14.8 Å². The Morgan fingerprint density at radius 3 is 2.15 bits per heavy atom. The third-order valence-electron chi connectivity index (χ3n) is 2.21. The number of rotatable bonds is 5. The molecule has 1 aromatic rings. The second-order valence-corrected chi connectivity index (χ2v) is 6.19. The van der Waals surface area contributed by atoms with E-state index < -0.39 is 15.9 Å². The summed E-state index contributed by atoms with van der Waals surface area (Å²) in [6.45, 7) is 3.31. The Kier molecular flexibility index (Phi) is 9.00. The molecule has 0 heterocycles. The van der Waals surface area contributed by atoms with Gasteiger partial charge >= 0.3 is 0 Å². The van der Waals surface area contributed by atoms with Gasteiger partial charge in [-0.15, -0.1) is 11.6 Å². The van der Waals surface area contributed by atoms with Gasteiger partial charge in [-0.25, -0.2) is 13.1 Å². The molecule has 0 spiro atoms. The minimum absolute atomic E-state index is 0.0156. The van der Waals surface area contributed by atoms with E-state index in [-0.39, 0.29) is 4.90 Å². The lowest BCUT2D eigenvalue weighted by Crippen LogP contribution is -2.28. The summed E-state index contributed by atoms with van der Waals surface area (Å²) in [4.78, 5) is 10.6. The number of nitrogens with two attached hydrogens (primary N) is 1. The zero-order valence-corrected chi connectivity index (χ0v) is 13.3. The van der Waals surface area contributed by atoms with E-state index in [9.17, 15) is 13.2 Å². The van der Waals surface area contributed by atoms with Gasteiger partial charge in [0.05, 0.1) is 4.90 Å². The maximum absolute atomic E-state index is 11.4. The Morgan fingerprint density at radius 2 is 1.80 bits per heavy atom. The molecule has 0 fully saturated rings. The van der Waals surface area contributed by atoms with Crippen molar-refractivity contribution in [1.82, 2.24) is 4.72 Å². The van der Waals surface area contributed by atoms with Crippen molar-refractivity contribution in [2.75, 3.05) is 11.6 Å². The first-order valence-corrected chi connectivity index (χ1v) is 8.30. The van der Waals surface area contributed by atoms with Crippen LogP contribution < -0.4 is 10.5 Å². The number of sulfonamides is 1. The molecule has 0 saturated heterocycles. The summed E-state index contributed by atoms with van der Waals surface area (Å²) in [5.41, 5.74) is 5.85. The molecule has 0 aliphatic rings. The lowest BCUT2D eigenvalue weighted by atomic mass is 10.3. The van der Waals surface area contributed by atoms with Gasteiger partial charge in [-0.05, 0) is 30.7 Å². The molecule has 1 rings (SSSR count). The molecule has 114 valence electrons. The molecule has 1 aromatic carbocycles. The summed E-state index contributed by atoms with van der Waals surface area (Å²) in [5, 5.41) is 0. The lowest BCUT2D eigenvalue weighted by molar-refractivity contribution is -0.117. The van der Waals surface area contributed by atoms with E-state index in [0.717, 1.165) is 12.8 Å². The Hall–Kier alpha value is -1.27. The molecule has 0 unspecified atom stereocenters. The number of nitrogen functional groups attached to an aromatic ring is 1. The summed E-state index contributed by atoms with van der Waals surface area (Å²) in [6.07, 6.45) is 3.73. The van der Waals surface area contributed by atoms with Gasteiger partial charge in [0, 0.05) is 18.5 Å². The van der Waals surface area contributed by atoms with E-state index >= 15 is 0 Å². The number of nitrogens with one attached hydrogen (secondary N) is 1. The zero-order valence-electron chi connectivity index (χ0n) is 11.7. The standard InChI is InChI=1S/C8H10N2O3S.C5H11Cl/c1-6(11)10-14(12,13)8-4-2-7(9)3-5-8;1-2-3-4-5-6/h2-5H,9H2,1H3,(H,10,11);2-5H2,1H3. The number of benzene rings is 1. The van der Waals surface area contributed by atoms with E-state index in [0.29, 0.717) is 5.69 Å². The Bertz CT molecular complexity index is 497. The van der Waals surface area contributed by atoms with Crippen LogP contribution in [-0.4, -0.2) is 20.2 Å². The van der Waals surface area contributed by atoms with Crippen LogP contribution in [0.5, 0.6) is 0 Å². The number of anilines is 1. The molecule has 20 heavy (non-hydrogen) atoms. The molecule has 0 radical (unpaired) electrons. The Morgan fingerprint density at radius 1 is 1.25 bits per heavy atom. The third-order valence-corrected chi connectivity index (χ3v) is 3.92. The van der Waals surface area contributed by atoms with Crippen LogP contribution in [0.4, 0.5) is 5.69 Å². The summed E-state index contributed by atoms with van der Waals surface area (Å²) in [5.74, 6) is 0.204. The highest BCUT2D eigenvalue weighted by molar-refractivity contribution is 7.90. The molecular formula is C13H21ClN2O3S. The summed E-state index contributed by atoms with van der Waals surface area (Å²) >= 11 is 5.38. The number of carbonyl (C=O) groups is 1. The second kappa shape index (κ2) is 9.61. The van der Waals surface area contributed by atoms with Crippen molar-refractivity contribution >= 4 is 33.2 Å². The fraction of sp³-hybridized carbons (Fsp3) is 0.462. The smallest absolute Gasteiger partial charge is 0.264 e. The number of carbonyl (C=O) groups excluding carboxylic acids is 1. The fourth-order valence-corrected chi connectivity index (χ4v) is 2.42. The largest absolute Gasteiger partial charge is 0.399 e. The van der Waals surface area contributed by atoms with Gasteiger partial charge in [0.15, 0.2) is 0 Å². The minimum atomic E-state index is -3.73. The SMILES string of the molecule is CC(=O)NS(=O)(=O)c1ccc(N)cc1.CCCCCCl. The first kappa shape index (κ1) is 18.7. The van der Waals surface area contributed by atoms with Crippen LogP contribution in [0.25, 0.3) is 0 Å². The normalized spacial score (nSPS) is 10.3. The highest BCUT2D eigenvalue weighted by atomic mass is 35.5. The topological polar surface area (TPSA) is 89.3 Å². The molecule has 1 amide bonds. The molecule has 0 aliphatic heterocycles. The van der Waals surface area contributed by atoms with Crippen LogP contribution in [0.3, 0.4) is 0 Å². The predicted octanol–water partition coefficient (Wildman–Crippen LogP) is 2.51. The molecule has 0 aliphatic carbocycles. The Balaban J connectivity index is 0.000000511. The molecular weight excluding hydrogens is 300 g/mol. The van der Waals surface area contributed by atoms with Crippen LogP contribution >= 0.6 is 11.6 Å². The van der Waals surface area contributed by atoms with Crippen molar-refractivity contribution in [1.29, 1.82) is 0 Å². The van der Waals surface area contributed by atoms with Crippen molar-refractivity contribution < 1.29 is 13.2 Å². The maximum atomic E-state index is 11.4. The third kappa shape index (κ3) is 8.01. The average Bonchev–Trinajstić information content (AvgIpc) is 2.36. The van der Waals surface area contributed by atoms with Gasteiger partial charge in [0.25, 0.3) is 10.0 Å².